The zero-order valence-electron chi connectivity index (χ0n) is 18.0. The Bertz CT molecular complexity index is 976. The van der Waals surface area contributed by atoms with Gasteiger partial charge in [0.05, 0.1) is 12.1 Å². The minimum Gasteiger partial charge on any atom is -0.497 e. The fourth-order valence-corrected chi connectivity index (χ4v) is 3.20. The Balaban J connectivity index is 1.85. The van der Waals surface area contributed by atoms with Gasteiger partial charge in [-0.05, 0) is 42.8 Å². The van der Waals surface area contributed by atoms with Crippen LogP contribution in [0.4, 0.5) is 15.5 Å². The molecule has 0 radical (unpaired) electrons. The second-order valence-electron chi connectivity index (χ2n) is 7.63. The number of aryl methyl sites for hydroxylation is 1. The monoisotopic (exact) mass is 447 g/mol. The number of imide groups is 1. The second-order valence-corrected chi connectivity index (χ2v) is 8.69. The number of methoxy groups -OCH3 is 1. The molecule has 0 aliphatic heterocycles. The van der Waals surface area contributed by atoms with E-state index in [2.05, 4.69) is 16.0 Å². The Morgan fingerprint density at radius 1 is 1.03 bits per heavy atom. The number of hydrogen-bond donors (Lipinski definition) is 3. The molecule has 0 aliphatic carbocycles. The van der Waals surface area contributed by atoms with Crippen LogP contribution in [0.3, 0.4) is 0 Å². The number of hydrogen-bond acceptors (Lipinski definition) is 7. The van der Waals surface area contributed by atoms with Crippen molar-refractivity contribution in [3.63, 3.8) is 0 Å². The standard InChI is InChI=1S/C21H25N3O6S/c1-12-10-16(24-19(27)21(2,3)4)31-17(12)18(26)30-11-15(25)23-20(28)22-13-6-8-14(29-5)9-7-13/h6-10H,11H2,1-5H3,(H,24,27)(H2,22,23,25,28). The van der Waals surface area contributed by atoms with Gasteiger partial charge >= 0.3 is 12.0 Å². The lowest BCUT2D eigenvalue weighted by Crippen LogP contribution is -2.37. The molecule has 31 heavy (non-hydrogen) atoms. The molecule has 2 aromatic rings. The Morgan fingerprint density at radius 3 is 2.26 bits per heavy atom. The Hall–Kier alpha value is -3.40. The van der Waals surface area contributed by atoms with Gasteiger partial charge in [-0.25, -0.2) is 9.59 Å². The minimum atomic E-state index is -0.783. The third kappa shape index (κ3) is 7.10. The number of carbonyl (C=O) groups excluding carboxylic acids is 4. The number of benzene rings is 1. The molecule has 0 saturated heterocycles. The first-order chi connectivity index (χ1) is 14.5. The Labute approximate surface area is 184 Å². The lowest BCUT2D eigenvalue weighted by atomic mass is 9.96. The zero-order valence-corrected chi connectivity index (χ0v) is 18.8. The summed E-state index contributed by atoms with van der Waals surface area (Å²) >= 11 is 1.05. The van der Waals surface area contributed by atoms with E-state index in [1.807, 2.05) is 0 Å². The highest BCUT2D eigenvalue weighted by molar-refractivity contribution is 7.18. The van der Waals surface area contributed by atoms with Crippen molar-refractivity contribution in [2.45, 2.75) is 27.7 Å². The van der Waals surface area contributed by atoms with Crippen molar-refractivity contribution in [3.05, 3.63) is 40.8 Å². The zero-order chi connectivity index (χ0) is 23.2. The van der Waals surface area contributed by atoms with Gasteiger partial charge in [0.15, 0.2) is 6.61 Å². The number of nitrogens with one attached hydrogen (secondary N) is 3. The quantitative estimate of drug-likeness (QED) is 0.582. The summed E-state index contributed by atoms with van der Waals surface area (Å²) in [5, 5.41) is 7.81. The summed E-state index contributed by atoms with van der Waals surface area (Å²) in [6.45, 7) is 6.40. The molecule has 166 valence electrons. The summed E-state index contributed by atoms with van der Waals surface area (Å²) in [5.41, 5.74) is 0.488. The van der Waals surface area contributed by atoms with Crippen molar-refractivity contribution in [2.75, 3.05) is 24.4 Å². The highest BCUT2D eigenvalue weighted by atomic mass is 32.1. The van der Waals surface area contributed by atoms with Crippen LogP contribution in [-0.2, 0) is 14.3 Å². The summed E-state index contributed by atoms with van der Waals surface area (Å²) in [6.07, 6.45) is 0. The van der Waals surface area contributed by atoms with E-state index in [1.165, 1.54) is 7.11 Å². The number of urea groups is 1. The molecule has 1 heterocycles. The first-order valence-electron chi connectivity index (χ1n) is 9.33. The molecule has 0 spiro atoms. The van der Waals surface area contributed by atoms with Crippen molar-refractivity contribution >= 4 is 45.8 Å². The third-order valence-electron chi connectivity index (χ3n) is 3.96. The molecule has 3 N–H and O–H groups in total. The lowest BCUT2D eigenvalue weighted by Gasteiger charge is -2.16. The van der Waals surface area contributed by atoms with Crippen LogP contribution in [0.15, 0.2) is 30.3 Å². The van der Waals surface area contributed by atoms with Crippen molar-refractivity contribution < 1.29 is 28.7 Å². The van der Waals surface area contributed by atoms with Crippen molar-refractivity contribution in [1.82, 2.24) is 5.32 Å². The number of rotatable bonds is 6. The van der Waals surface area contributed by atoms with Crippen LogP contribution in [-0.4, -0.2) is 37.5 Å². The Morgan fingerprint density at radius 2 is 1.68 bits per heavy atom. The van der Waals surface area contributed by atoms with Crippen LogP contribution < -0.4 is 20.7 Å². The van der Waals surface area contributed by atoms with E-state index in [-0.39, 0.29) is 10.8 Å². The Kier molecular flexibility index (Phi) is 7.76. The molecule has 0 fully saturated rings. The van der Waals surface area contributed by atoms with E-state index in [0.29, 0.717) is 22.0 Å². The molecule has 0 unspecified atom stereocenters. The maximum atomic E-state index is 12.3. The molecule has 2 rings (SSSR count). The number of ether oxygens (including phenoxy) is 2. The van der Waals surface area contributed by atoms with E-state index in [9.17, 15) is 19.2 Å². The smallest absolute Gasteiger partial charge is 0.349 e. The maximum Gasteiger partial charge on any atom is 0.349 e. The summed E-state index contributed by atoms with van der Waals surface area (Å²) in [7, 11) is 1.52. The van der Waals surface area contributed by atoms with Crippen LogP contribution in [0.25, 0.3) is 0 Å². The van der Waals surface area contributed by atoms with E-state index in [1.54, 1.807) is 58.0 Å². The second kappa shape index (κ2) is 10.1. The van der Waals surface area contributed by atoms with Gasteiger partial charge in [0, 0.05) is 11.1 Å². The highest BCUT2D eigenvalue weighted by Gasteiger charge is 2.23. The number of esters is 1. The summed E-state index contributed by atoms with van der Waals surface area (Å²) < 4.78 is 10.0. The molecule has 9 nitrogen and oxygen atoms in total. The van der Waals surface area contributed by atoms with Gasteiger partial charge in [-0.15, -0.1) is 11.3 Å². The van der Waals surface area contributed by atoms with Gasteiger partial charge in [0.2, 0.25) is 5.91 Å². The largest absolute Gasteiger partial charge is 0.497 e. The summed E-state index contributed by atoms with van der Waals surface area (Å²) in [5.74, 6) is -1.06. The minimum absolute atomic E-state index is 0.184. The van der Waals surface area contributed by atoms with Gasteiger partial charge in [0.25, 0.3) is 5.91 Å². The van der Waals surface area contributed by atoms with E-state index in [0.717, 1.165) is 11.3 Å². The summed E-state index contributed by atoms with van der Waals surface area (Å²) in [6, 6.07) is 7.43. The van der Waals surface area contributed by atoms with Gasteiger partial charge in [-0.3, -0.25) is 14.9 Å². The van der Waals surface area contributed by atoms with Crippen molar-refractivity contribution in [3.8, 4) is 5.75 Å². The molecule has 10 heteroatoms. The van der Waals surface area contributed by atoms with E-state index >= 15 is 0 Å². The average molecular weight is 448 g/mol. The van der Waals surface area contributed by atoms with Crippen molar-refractivity contribution in [2.24, 2.45) is 5.41 Å². The predicted molar refractivity (Wildman–Crippen MR) is 118 cm³/mol. The molecule has 1 aromatic carbocycles. The molecular weight excluding hydrogens is 422 g/mol. The van der Waals surface area contributed by atoms with E-state index < -0.39 is 29.9 Å². The van der Waals surface area contributed by atoms with Crippen LogP contribution in [0.5, 0.6) is 5.75 Å². The van der Waals surface area contributed by atoms with Crippen LogP contribution in [0.2, 0.25) is 0 Å². The SMILES string of the molecule is COc1ccc(NC(=O)NC(=O)COC(=O)c2sc(NC(=O)C(C)(C)C)cc2C)cc1. The molecule has 0 aliphatic rings. The predicted octanol–water partition coefficient (Wildman–Crippen LogP) is 3.55. The normalized spacial score (nSPS) is 10.7. The van der Waals surface area contributed by atoms with Crippen molar-refractivity contribution in [1.29, 1.82) is 0 Å². The maximum absolute atomic E-state index is 12.3. The molecule has 0 atom stereocenters. The molecule has 1 aromatic heterocycles. The first-order valence-corrected chi connectivity index (χ1v) is 10.1. The van der Waals surface area contributed by atoms with Crippen LogP contribution >= 0.6 is 11.3 Å². The number of anilines is 2. The van der Waals surface area contributed by atoms with Gasteiger partial charge in [-0.2, -0.15) is 0 Å². The molecular formula is C21H25N3O6S. The number of thiophene rings is 1. The fraction of sp³-hybridized carbons (Fsp3) is 0.333. The van der Waals surface area contributed by atoms with Crippen LogP contribution in [0, 0.1) is 12.3 Å². The van der Waals surface area contributed by atoms with Crippen LogP contribution in [0.1, 0.15) is 36.0 Å². The van der Waals surface area contributed by atoms with E-state index in [4.69, 9.17) is 9.47 Å². The van der Waals surface area contributed by atoms with Gasteiger partial charge < -0.3 is 20.1 Å². The summed E-state index contributed by atoms with van der Waals surface area (Å²) in [4.78, 5) is 48.4. The number of amides is 4. The van der Waals surface area contributed by atoms with Gasteiger partial charge in [0.1, 0.15) is 10.6 Å². The topological polar surface area (TPSA) is 123 Å². The lowest BCUT2D eigenvalue weighted by molar-refractivity contribution is -0.123. The third-order valence-corrected chi connectivity index (χ3v) is 5.09. The molecule has 4 amide bonds. The van der Waals surface area contributed by atoms with Gasteiger partial charge in [-0.1, -0.05) is 20.8 Å². The number of carbonyl (C=O) groups is 4. The fourth-order valence-electron chi connectivity index (χ4n) is 2.24. The highest BCUT2D eigenvalue weighted by Crippen LogP contribution is 2.29. The average Bonchev–Trinajstić information content (AvgIpc) is 3.06. The molecule has 0 saturated carbocycles. The first kappa shape index (κ1) is 23.9. The molecule has 0 bridgehead atoms.